The van der Waals surface area contributed by atoms with E-state index in [4.69, 9.17) is 18.9 Å². The first-order chi connectivity index (χ1) is 20.9. The van der Waals surface area contributed by atoms with Gasteiger partial charge in [0.05, 0.1) is 43.4 Å². The third-order valence-corrected chi connectivity index (χ3v) is 10.2. The van der Waals surface area contributed by atoms with Crippen molar-refractivity contribution in [1.82, 2.24) is 9.47 Å². The van der Waals surface area contributed by atoms with Crippen LogP contribution >= 0.6 is 10.5 Å². The van der Waals surface area contributed by atoms with Crippen LogP contribution in [-0.2, 0) is 34.0 Å². The van der Waals surface area contributed by atoms with Crippen LogP contribution in [0.5, 0.6) is 11.5 Å². The molecule has 0 fully saturated rings. The Hall–Kier alpha value is -4.02. The number of nitrogens with zero attached hydrogens (tertiary/aromatic N) is 2. The smallest absolute Gasteiger partial charge is 0.360 e. The Labute approximate surface area is 255 Å². The number of fused-ring (bicyclic) bond motifs is 3. The minimum absolute atomic E-state index is 0.217. The van der Waals surface area contributed by atoms with Crippen LogP contribution in [-0.4, -0.2) is 61.4 Å². The lowest BCUT2D eigenvalue weighted by molar-refractivity contribution is -0.146. The van der Waals surface area contributed by atoms with Crippen molar-refractivity contribution in [2.24, 2.45) is 0 Å². The molecule has 0 spiro atoms. The van der Waals surface area contributed by atoms with E-state index in [0.717, 1.165) is 44.2 Å². The highest BCUT2D eigenvalue weighted by molar-refractivity contribution is 7.48. The number of hydrogen-bond donors (Lipinski definition) is 1. The molecule has 3 heterocycles. The first kappa shape index (κ1) is 30.4. The molecule has 10 heteroatoms. The number of hydrogen-bond acceptors (Lipinski definition) is 8. The number of rotatable bonds is 12. The molecule has 2 unspecified atom stereocenters. The van der Waals surface area contributed by atoms with Crippen molar-refractivity contribution in [3.8, 4) is 16.4 Å². The number of carbonyl (C=O) groups is 2. The van der Waals surface area contributed by atoms with E-state index < -0.39 is 16.5 Å². The van der Waals surface area contributed by atoms with Crippen molar-refractivity contribution < 1.29 is 28.5 Å². The third-order valence-electron chi connectivity index (χ3n) is 7.84. The lowest BCUT2D eigenvalue weighted by Gasteiger charge is -2.22. The lowest BCUT2D eigenvalue weighted by Crippen LogP contribution is -2.34. The molecule has 0 aliphatic carbocycles. The predicted molar refractivity (Wildman–Crippen MR) is 170 cm³/mol. The zero-order chi connectivity index (χ0) is 30.5. The maximum atomic E-state index is 13.6. The quantitative estimate of drug-likeness (QED) is 0.148. The van der Waals surface area contributed by atoms with Crippen molar-refractivity contribution in [2.75, 3.05) is 39.2 Å². The van der Waals surface area contributed by atoms with E-state index in [1.165, 1.54) is 0 Å². The summed E-state index contributed by atoms with van der Waals surface area (Å²) >= 11 is 0. The zero-order valence-electron chi connectivity index (χ0n) is 25.5. The molecule has 0 radical (unpaired) electrons. The predicted octanol–water partition coefficient (Wildman–Crippen LogP) is 6.34. The minimum atomic E-state index is -0.730. The number of esters is 2. The SMILES string of the molecule is CCOC(=O)c1c2c(cn1CN(CC)CC)c1c([s+]2-c2ccc(OC)c(OC)c2)NC(C(=O)OCc2ccccc2)CC1. The van der Waals surface area contributed by atoms with Gasteiger partial charge in [-0.25, -0.2) is 9.59 Å². The summed E-state index contributed by atoms with van der Waals surface area (Å²) in [6.07, 6.45) is 3.35. The molecule has 5 rings (SSSR count). The van der Waals surface area contributed by atoms with Gasteiger partial charge in [-0.2, -0.15) is 0 Å². The van der Waals surface area contributed by atoms with Crippen molar-refractivity contribution in [3.05, 3.63) is 71.5 Å². The van der Waals surface area contributed by atoms with Gasteiger partial charge in [0.1, 0.15) is 12.6 Å². The summed E-state index contributed by atoms with van der Waals surface area (Å²) in [6.45, 7) is 8.81. The summed E-state index contributed by atoms with van der Waals surface area (Å²) in [4.78, 5) is 30.1. The first-order valence-electron chi connectivity index (χ1n) is 14.7. The van der Waals surface area contributed by atoms with Gasteiger partial charge >= 0.3 is 11.9 Å². The second-order valence-corrected chi connectivity index (χ2v) is 12.2. The van der Waals surface area contributed by atoms with Crippen LogP contribution in [0.3, 0.4) is 0 Å². The molecule has 1 N–H and O–H groups in total. The highest BCUT2D eigenvalue weighted by Gasteiger charge is 2.41. The number of anilines is 1. The molecule has 0 saturated carbocycles. The largest absolute Gasteiger partial charge is 0.493 e. The normalized spacial score (nSPS) is 14.7. The summed E-state index contributed by atoms with van der Waals surface area (Å²) in [6, 6.07) is 15.0. The van der Waals surface area contributed by atoms with Gasteiger partial charge in [-0.1, -0.05) is 44.2 Å². The van der Waals surface area contributed by atoms with E-state index in [2.05, 4.69) is 30.3 Å². The Morgan fingerprint density at radius 2 is 1.74 bits per heavy atom. The summed E-state index contributed by atoms with van der Waals surface area (Å²) in [5.74, 6) is 0.567. The minimum Gasteiger partial charge on any atom is -0.493 e. The van der Waals surface area contributed by atoms with Crippen LogP contribution < -0.4 is 14.8 Å². The number of benzene rings is 2. The van der Waals surface area contributed by atoms with Crippen LogP contribution in [0.2, 0.25) is 0 Å². The molecule has 0 saturated heterocycles. The molecular formula is C33H40N3O6S+. The van der Waals surface area contributed by atoms with Gasteiger partial charge in [-0.05, 0) is 44.5 Å². The number of carbonyl (C=O) groups excluding carboxylic acids is 2. The first-order valence-corrected chi connectivity index (χ1v) is 16.0. The number of ether oxygens (including phenoxy) is 4. The average molecular weight is 607 g/mol. The average Bonchev–Trinajstić information content (AvgIpc) is 3.55. The van der Waals surface area contributed by atoms with E-state index in [1.54, 1.807) is 14.2 Å². The van der Waals surface area contributed by atoms with Gasteiger partial charge in [0.25, 0.3) is 5.00 Å². The van der Waals surface area contributed by atoms with E-state index in [-0.39, 0.29) is 25.2 Å². The second kappa shape index (κ2) is 13.5. The van der Waals surface area contributed by atoms with Crippen LogP contribution in [0, 0.1) is 0 Å². The number of methoxy groups -OCH3 is 2. The van der Waals surface area contributed by atoms with Crippen molar-refractivity contribution in [2.45, 2.75) is 52.9 Å². The van der Waals surface area contributed by atoms with Crippen molar-refractivity contribution in [3.63, 3.8) is 0 Å². The lowest BCUT2D eigenvalue weighted by atomic mass is 10.0. The van der Waals surface area contributed by atoms with Crippen LogP contribution in [0.4, 0.5) is 5.00 Å². The maximum absolute atomic E-state index is 13.6. The standard InChI is InChI=1S/C33H40N3O6S/c1-6-35(7-2)21-36-19-25-24-15-16-26(32(37)42-20-22-12-10-9-11-13-22)34-31(24)43(30(25)29(36)33(38)41-8-3)23-14-17-27(39-4)28(18-23)40-5/h9-14,17-19,26,34H,6-8,15-16,20-21H2,1-5H3/q+1. The summed E-state index contributed by atoms with van der Waals surface area (Å²) < 4.78 is 25.5. The van der Waals surface area contributed by atoms with Gasteiger partial charge in [0.2, 0.25) is 4.70 Å². The van der Waals surface area contributed by atoms with Crippen molar-refractivity contribution in [1.29, 1.82) is 0 Å². The number of nitrogens with one attached hydrogen (secondary N) is 1. The van der Waals surface area contributed by atoms with E-state index in [9.17, 15) is 9.59 Å². The molecule has 0 bridgehead atoms. The fraction of sp³-hybridized carbons (Fsp3) is 0.394. The van der Waals surface area contributed by atoms with Crippen LogP contribution in [0.1, 0.15) is 48.8 Å². The topological polar surface area (TPSA) is 91.3 Å². The van der Waals surface area contributed by atoms with Crippen molar-refractivity contribution >= 4 is 37.5 Å². The number of aryl methyl sites for hydroxylation is 1. The molecule has 2 aromatic carbocycles. The van der Waals surface area contributed by atoms with Gasteiger partial charge in [-0.3, -0.25) is 4.90 Å². The molecule has 228 valence electrons. The van der Waals surface area contributed by atoms with E-state index >= 15 is 0 Å². The third kappa shape index (κ3) is 6.07. The summed E-state index contributed by atoms with van der Waals surface area (Å²) in [7, 11) is 2.48. The molecule has 0 amide bonds. The zero-order valence-corrected chi connectivity index (χ0v) is 26.3. The van der Waals surface area contributed by atoms with Gasteiger partial charge in [-0.15, -0.1) is 0 Å². The Balaban J connectivity index is 1.64. The van der Waals surface area contributed by atoms with E-state index in [1.807, 2.05) is 60.0 Å². The molecule has 2 aromatic heterocycles. The van der Waals surface area contributed by atoms with Gasteiger partial charge in [0.15, 0.2) is 22.1 Å². The monoisotopic (exact) mass is 606 g/mol. The Bertz CT molecular complexity index is 1590. The van der Waals surface area contributed by atoms with Gasteiger partial charge in [0, 0.05) is 23.9 Å². The summed E-state index contributed by atoms with van der Waals surface area (Å²) in [5.41, 5.74) is 2.60. The van der Waals surface area contributed by atoms with E-state index in [0.29, 0.717) is 36.7 Å². The van der Waals surface area contributed by atoms with Crippen LogP contribution in [0.25, 0.3) is 15.0 Å². The molecule has 4 aromatic rings. The Kier molecular flexibility index (Phi) is 9.57. The van der Waals surface area contributed by atoms with Gasteiger partial charge < -0.3 is 28.8 Å². The molecule has 1 aliphatic rings. The fourth-order valence-corrected chi connectivity index (χ4v) is 8.18. The maximum Gasteiger partial charge on any atom is 0.360 e. The molecule has 2 atom stereocenters. The number of thiophene rings is 1. The fourth-order valence-electron chi connectivity index (χ4n) is 5.56. The molecule has 1 aliphatic heterocycles. The molecular weight excluding hydrogens is 566 g/mol. The Morgan fingerprint density at radius 1 is 1.00 bits per heavy atom. The Morgan fingerprint density at radius 3 is 2.42 bits per heavy atom. The highest BCUT2D eigenvalue weighted by atomic mass is 32.2. The second-order valence-electron chi connectivity index (χ2n) is 10.3. The highest BCUT2D eigenvalue weighted by Crippen LogP contribution is 2.55. The summed E-state index contributed by atoms with van der Waals surface area (Å²) in [5, 5.41) is 5.51. The molecule has 9 nitrogen and oxygen atoms in total. The van der Waals surface area contributed by atoms with Crippen LogP contribution in [0.15, 0.2) is 54.7 Å². The molecule has 43 heavy (non-hydrogen) atoms. The number of aromatic nitrogens is 1.